The van der Waals surface area contributed by atoms with Gasteiger partial charge in [-0.3, -0.25) is 9.48 Å². The summed E-state index contributed by atoms with van der Waals surface area (Å²) in [7, 11) is 4.54. The molecule has 2 aromatic rings. The number of benzene rings is 1. The molecule has 1 amide bonds. The first-order valence-corrected chi connectivity index (χ1v) is 7.62. The second kappa shape index (κ2) is 7.25. The predicted octanol–water partition coefficient (Wildman–Crippen LogP) is 2.80. The fourth-order valence-corrected chi connectivity index (χ4v) is 2.58. The summed E-state index contributed by atoms with van der Waals surface area (Å²) < 4.78 is 17.7. The Morgan fingerprint density at radius 1 is 1.12 bits per heavy atom. The third-order valence-corrected chi connectivity index (χ3v) is 3.85. The smallest absolute Gasteiger partial charge is 0.256 e. The molecule has 130 valence electrons. The van der Waals surface area contributed by atoms with Crippen molar-refractivity contribution in [2.24, 2.45) is 0 Å². The van der Waals surface area contributed by atoms with E-state index in [2.05, 4.69) is 10.4 Å². The van der Waals surface area contributed by atoms with E-state index < -0.39 is 0 Å². The number of amides is 1. The Hall–Kier alpha value is -2.70. The molecule has 0 spiro atoms. The molecule has 0 atom stereocenters. The summed E-state index contributed by atoms with van der Waals surface area (Å²) in [6.45, 7) is 6.54. The van der Waals surface area contributed by atoms with Crippen molar-refractivity contribution in [3.8, 4) is 17.2 Å². The van der Waals surface area contributed by atoms with E-state index in [4.69, 9.17) is 14.2 Å². The molecule has 0 aliphatic carbocycles. The van der Waals surface area contributed by atoms with Crippen LogP contribution in [0.4, 0.5) is 5.69 Å². The Morgan fingerprint density at radius 3 is 2.12 bits per heavy atom. The number of rotatable bonds is 6. The van der Waals surface area contributed by atoms with Gasteiger partial charge >= 0.3 is 0 Å². The van der Waals surface area contributed by atoms with Crippen molar-refractivity contribution in [2.75, 3.05) is 26.6 Å². The van der Waals surface area contributed by atoms with Crippen molar-refractivity contribution < 1.29 is 19.0 Å². The molecule has 7 nitrogen and oxygen atoms in total. The lowest BCUT2D eigenvalue weighted by atomic mass is 10.1. The number of hydrogen-bond donors (Lipinski definition) is 1. The molecule has 2 rings (SSSR count). The average Bonchev–Trinajstić information content (AvgIpc) is 2.87. The molecule has 0 aliphatic heterocycles. The van der Waals surface area contributed by atoms with Crippen LogP contribution in [0.1, 0.15) is 28.7 Å². The van der Waals surface area contributed by atoms with Crippen LogP contribution in [-0.4, -0.2) is 37.0 Å². The van der Waals surface area contributed by atoms with Gasteiger partial charge in [-0.05, 0) is 32.9 Å². The van der Waals surface area contributed by atoms with Gasteiger partial charge in [0.1, 0.15) is 0 Å². The summed E-state index contributed by atoms with van der Waals surface area (Å²) in [5, 5.41) is 7.32. The van der Waals surface area contributed by atoms with Crippen molar-refractivity contribution in [1.29, 1.82) is 0 Å². The molecule has 0 aliphatic rings. The van der Waals surface area contributed by atoms with Gasteiger partial charge in [-0.15, -0.1) is 0 Å². The zero-order valence-corrected chi connectivity index (χ0v) is 14.9. The van der Waals surface area contributed by atoms with Gasteiger partial charge in [0.15, 0.2) is 11.5 Å². The van der Waals surface area contributed by atoms with Gasteiger partial charge < -0.3 is 19.5 Å². The summed E-state index contributed by atoms with van der Waals surface area (Å²) in [5.41, 5.74) is 2.81. The quantitative estimate of drug-likeness (QED) is 0.880. The molecular formula is C17H23N3O4. The highest BCUT2D eigenvalue weighted by Gasteiger charge is 2.19. The highest BCUT2D eigenvalue weighted by Crippen LogP contribution is 2.38. The molecule has 7 heteroatoms. The third kappa shape index (κ3) is 3.15. The van der Waals surface area contributed by atoms with E-state index >= 15 is 0 Å². The SMILES string of the molecule is CCn1nc(C)c(NC(=O)c2cc(OC)c(OC)c(OC)c2)c1C. The minimum atomic E-state index is -0.267. The number of aromatic nitrogens is 2. The van der Waals surface area contributed by atoms with Gasteiger partial charge in [0.25, 0.3) is 5.91 Å². The van der Waals surface area contributed by atoms with Crippen molar-refractivity contribution in [1.82, 2.24) is 9.78 Å². The van der Waals surface area contributed by atoms with Crippen LogP contribution in [0.3, 0.4) is 0 Å². The highest BCUT2D eigenvalue weighted by atomic mass is 16.5. The van der Waals surface area contributed by atoms with E-state index in [-0.39, 0.29) is 5.91 Å². The Balaban J connectivity index is 2.38. The molecule has 1 heterocycles. The standard InChI is InChI=1S/C17H23N3O4/c1-7-20-11(3)15(10(2)19-20)18-17(21)12-8-13(22-4)16(24-6)14(9-12)23-5/h8-9H,7H2,1-6H3,(H,18,21). The van der Waals surface area contributed by atoms with E-state index in [1.807, 2.05) is 25.5 Å². The van der Waals surface area contributed by atoms with Gasteiger partial charge in [0.2, 0.25) is 5.75 Å². The second-order valence-corrected chi connectivity index (χ2v) is 5.23. The lowest BCUT2D eigenvalue weighted by Gasteiger charge is -2.14. The highest BCUT2D eigenvalue weighted by molar-refractivity contribution is 6.05. The molecule has 0 bridgehead atoms. The lowest BCUT2D eigenvalue weighted by molar-refractivity contribution is 0.102. The van der Waals surface area contributed by atoms with Crippen LogP contribution in [0.2, 0.25) is 0 Å². The van der Waals surface area contributed by atoms with Crippen molar-refractivity contribution in [2.45, 2.75) is 27.3 Å². The van der Waals surface area contributed by atoms with Gasteiger partial charge in [0, 0.05) is 12.1 Å². The van der Waals surface area contributed by atoms with E-state index in [0.717, 1.165) is 23.6 Å². The molecular weight excluding hydrogens is 310 g/mol. The second-order valence-electron chi connectivity index (χ2n) is 5.23. The van der Waals surface area contributed by atoms with Crippen molar-refractivity contribution in [3.05, 3.63) is 29.1 Å². The first-order valence-electron chi connectivity index (χ1n) is 7.62. The summed E-state index contributed by atoms with van der Waals surface area (Å²) in [5.74, 6) is 1.04. The van der Waals surface area contributed by atoms with Crippen LogP contribution in [-0.2, 0) is 6.54 Å². The molecule has 0 radical (unpaired) electrons. The fraction of sp³-hybridized carbons (Fsp3) is 0.412. The van der Waals surface area contributed by atoms with Gasteiger partial charge in [-0.1, -0.05) is 0 Å². The van der Waals surface area contributed by atoms with Crippen LogP contribution in [0.25, 0.3) is 0 Å². The Labute approximate surface area is 141 Å². The molecule has 1 aromatic carbocycles. The summed E-state index contributed by atoms with van der Waals surface area (Å²) in [6.07, 6.45) is 0. The van der Waals surface area contributed by atoms with Crippen molar-refractivity contribution in [3.63, 3.8) is 0 Å². The maximum absolute atomic E-state index is 12.7. The number of methoxy groups -OCH3 is 3. The molecule has 0 fully saturated rings. The maximum atomic E-state index is 12.7. The third-order valence-electron chi connectivity index (χ3n) is 3.85. The van der Waals surface area contributed by atoms with Crippen molar-refractivity contribution >= 4 is 11.6 Å². The number of nitrogens with one attached hydrogen (secondary N) is 1. The molecule has 24 heavy (non-hydrogen) atoms. The van der Waals surface area contributed by atoms with Crippen LogP contribution in [0, 0.1) is 13.8 Å². The Morgan fingerprint density at radius 2 is 1.71 bits per heavy atom. The fourth-order valence-electron chi connectivity index (χ4n) is 2.58. The number of nitrogens with zero attached hydrogens (tertiary/aromatic N) is 2. The normalized spacial score (nSPS) is 10.4. The van der Waals surface area contributed by atoms with E-state index in [1.54, 1.807) is 12.1 Å². The minimum absolute atomic E-state index is 0.267. The summed E-state index contributed by atoms with van der Waals surface area (Å²) >= 11 is 0. The first kappa shape index (κ1) is 17.7. The monoisotopic (exact) mass is 333 g/mol. The number of ether oxygens (including phenoxy) is 3. The lowest BCUT2D eigenvalue weighted by Crippen LogP contribution is -2.14. The number of carbonyl (C=O) groups is 1. The van der Waals surface area contributed by atoms with E-state index in [0.29, 0.717) is 22.8 Å². The summed E-state index contributed by atoms with van der Waals surface area (Å²) in [4.78, 5) is 12.7. The largest absolute Gasteiger partial charge is 0.493 e. The Kier molecular flexibility index (Phi) is 5.33. The van der Waals surface area contributed by atoms with Gasteiger partial charge in [0.05, 0.1) is 38.4 Å². The zero-order chi connectivity index (χ0) is 17.9. The Bertz CT molecular complexity index is 728. The van der Waals surface area contributed by atoms with Crippen LogP contribution in [0.5, 0.6) is 17.2 Å². The molecule has 1 N–H and O–H groups in total. The predicted molar refractivity (Wildman–Crippen MR) is 91.4 cm³/mol. The average molecular weight is 333 g/mol. The molecule has 1 aromatic heterocycles. The van der Waals surface area contributed by atoms with Crippen LogP contribution >= 0.6 is 0 Å². The van der Waals surface area contributed by atoms with Gasteiger partial charge in [-0.2, -0.15) is 5.10 Å². The molecule has 0 saturated heterocycles. The maximum Gasteiger partial charge on any atom is 0.256 e. The first-order chi connectivity index (χ1) is 11.5. The molecule has 0 saturated carbocycles. The van der Waals surface area contributed by atoms with Gasteiger partial charge in [-0.25, -0.2) is 0 Å². The zero-order valence-electron chi connectivity index (χ0n) is 14.9. The number of aryl methyl sites for hydroxylation is 2. The van der Waals surface area contributed by atoms with E-state index in [1.165, 1.54) is 21.3 Å². The number of anilines is 1. The number of carbonyl (C=O) groups excluding carboxylic acids is 1. The minimum Gasteiger partial charge on any atom is -0.493 e. The van der Waals surface area contributed by atoms with Crippen LogP contribution in [0.15, 0.2) is 12.1 Å². The topological polar surface area (TPSA) is 74.6 Å². The van der Waals surface area contributed by atoms with E-state index in [9.17, 15) is 4.79 Å². The summed E-state index contributed by atoms with van der Waals surface area (Å²) in [6, 6.07) is 3.23. The van der Waals surface area contributed by atoms with Crippen LogP contribution < -0.4 is 19.5 Å². The molecule has 0 unspecified atom stereocenters. The number of hydrogen-bond acceptors (Lipinski definition) is 5.